The Morgan fingerprint density at radius 1 is 1.38 bits per heavy atom. The third-order valence-corrected chi connectivity index (χ3v) is 0.247. The van der Waals surface area contributed by atoms with Crippen molar-refractivity contribution in [1.29, 1.82) is 0 Å². The van der Waals surface area contributed by atoms with Crippen LogP contribution in [0.15, 0.2) is 24.8 Å². The Kier molecular flexibility index (Phi) is 31.3. The lowest BCUT2D eigenvalue weighted by molar-refractivity contribution is 0.424. The van der Waals surface area contributed by atoms with E-state index in [4.69, 9.17) is 0 Å². The molecule has 0 aliphatic carbocycles. The maximum atomic E-state index is 10.5. The van der Waals surface area contributed by atoms with Gasteiger partial charge in [0, 0.05) is 0 Å². The molecule has 0 rings (SSSR count). The van der Waals surface area contributed by atoms with Gasteiger partial charge in [-0.05, 0) is 0 Å². The molecule has 0 saturated heterocycles. The lowest BCUT2D eigenvalue weighted by Gasteiger charge is -1.60. The fraction of sp³-hybridized carbons (Fsp3) is 0. The smallest absolute Gasteiger partial charge is 0.269 e. The molecule has 0 amide bonds. The molecule has 0 aromatic carbocycles. The summed E-state index contributed by atoms with van der Waals surface area (Å²) in [7, 11) is 0. The standard InChI is InChI=1S/C2HClF2.C2H4.FH/c3-1-2(4)5;1-2;/h1H;1-2H2;1H. The summed E-state index contributed by atoms with van der Waals surface area (Å²) in [5.41, 5.74) is 0.222. The Morgan fingerprint density at radius 2 is 1.50 bits per heavy atom. The third-order valence-electron chi connectivity index (χ3n) is 0.0825. The van der Waals surface area contributed by atoms with Crippen LogP contribution in [0.2, 0.25) is 0 Å². The zero-order valence-electron chi connectivity index (χ0n) is 4.03. The van der Waals surface area contributed by atoms with Crippen molar-refractivity contribution in [3.05, 3.63) is 24.8 Å². The van der Waals surface area contributed by atoms with Crippen molar-refractivity contribution < 1.29 is 13.5 Å². The number of rotatable bonds is 0. The van der Waals surface area contributed by atoms with Gasteiger partial charge in [-0.25, -0.2) is 0 Å². The summed E-state index contributed by atoms with van der Waals surface area (Å²) in [6, 6.07) is 0. The summed E-state index contributed by atoms with van der Waals surface area (Å²) >= 11 is 4.42. The van der Waals surface area contributed by atoms with Crippen molar-refractivity contribution in [2.24, 2.45) is 0 Å². The summed E-state index contributed by atoms with van der Waals surface area (Å²) < 4.78 is 21.0. The van der Waals surface area contributed by atoms with E-state index in [9.17, 15) is 8.78 Å². The average Bonchev–Trinajstić information content (AvgIpc) is 1.73. The Labute approximate surface area is 50.8 Å². The molecule has 0 saturated carbocycles. The lowest BCUT2D eigenvalue weighted by Crippen LogP contribution is -1.40. The predicted molar refractivity (Wildman–Crippen MR) is 29.9 cm³/mol. The van der Waals surface area contributed by atoms with Gasteiger partial charge in [0.25, 0.3) is 6.08 Å². The largest absolute Gasteiger partial charge is 0.281 e. The number of hydrogen-bond donors (Lipinski definition) is 0. The molecule has 0 aliphatic rings. The first-order valence-corrected chi connectivity index (χ1v) is 1.82. The molecule has 0 aromatic rings. The van der Waals surface area contributed by atoms with E-state index in [0.717, 1.165) is 0 Å². The number of halogens is 4. The Morgan fingerprint density at radius 3 is 1.50 bits per heavy atom. The van der Waals surface area contributed by atoms with E-state index in [1.54, 1.807) is 0 Å². The summed E-state index contributed by atoms with van der Waals surface area (Å²) in [4.78, 5) is 0. The van der Waals surface area contributed by atoms with Gasteiger partial charge in [0.1, 0.15) is 0 Å². The maximum Gasteiger partial charge on any atom is 0.281 e. The van der Waals surface area contributed by atoms with Gasteiger partial charge in [0.2, 0.25) is 0 Å². The van der Waals surface area contributed by atoms with Crippen LogP contribution < -0.4 is 0 Å². The highest BCUT2D eigenvalue weighted by Crippen LogP contribution is 1.96. The fourth-order valence-corrected chi connectivity index (χ4v) is 0. The minimum atomic E-state index is -1.85. The van der Waals surface area contributed by atoms with Crippen LogP contribution in [0.25, 0.3) is 0 Å². The van der Waals surface area contributed by atoms with E-state index >= 15 is 0 Å². The van der Waals surface area contributed by atoms with Gasteiger partial charge < -0.3 is 0 Å². The summed E-state index contributed by atoms with van der Waals surface area (Å²) in [6.45, 7) is 6.00. The summed E-state index contributed by atoms with van der Waals surface area (Å²) in [5, 5.41) is 0. The minimum Gasteiger partial charge on any atom is -0.269 e. The van der Waals surface area contributed by atoms with Crippen LogP contribution in [0.3, 0.4) is 0 Å². The fourth-order valence-electron chi connectivity index (χ4n) is 0. The highest BCUT2D eigenvalue weighted by molar-refractivity contribution is 6.25. The van der Waals surface area contributed by atoms with Crippen LogP contribution in [0, 0.1) is 0 Å². The van der Waals surface area contributed by atoms with Gasteiger partial charge in [0.05, 0.1) is 5.54 Å². The minimum absolute atomic E-state index is 0. The predicted octanol–water partition coefficient (Wildman–Crippen LogP) is 2.92. The molecule has 0 radical (unpaired) electrons. The molecule has 4 heteroatoms. The lowest BCUT2D eigenvalue weighted by atomic mass is 11.1. The van der Waals surface area contributed by atoms with Gasteiger partial charge in [-0.3, -0.25) is 4.70 Å². The highest BCUT2D eigenvalue weighted by atomic mass is 35.5. The second-order valence-electron chi connectivity index (χ2n) is 0.399. The molecule has 0 unspecified atom stereocenters. The second-order valence-corrected chi connectivity index (χ2v) is 0.617. The van der Waals surface area contributed by atoms with E-state index in [1.165, 1.54) is 0 Å². The van der Waals surface area contributed by atoms with Gasteiger partial charge >= 0.3 is 0 Å². The van der Waals surface area contributed by atoms with Crippen molar-refractivity contribution in [3.8, 4) is 0 Å². The van der Waals surface area contributed by atoms with Crippen LogP contribution in [0.1, 0.15) is 0 Å². The Hall–Kier alpha value is -0.440. The first-order chi connectivity index (χ1) is 3.27. The Bertz CT molecular complexity index is 58.3. The quantitative estimate of drug-likeness (QED) is 0.461. The third kappa shape index (κ3) is 47.5. The van der Waals surface area contributed by atoms with E-state index < -0.39 is 6.08 Å². The van der Waals surface area contributed by atoms with Crippen LogP contribution in [-0.4, -0.2) is 0 Å². The molecular weight excluding hydrogens is 140 g/mol. The summed E-state index contributed by atoms with van der Waals surface area (Å²) in [5.74, 6) is 0. The molecular formula is C4H6ClF3. The van der Waals surface area contributed by atoms with E-state index in [1.807, 2.05) is 0 Å². The molecule has 8 heavy (non-hydrogen) atoms. The van der Waals surface area contributed by atoms with Crippen LogP contribution in [0.5, 0.6) is 0 Å². The van der Waals surface area contributed by atoms with Gasteiger partial charge in [-0.1, -0.05) is 11.6 Å². The monoisotopic (exact) mass is 146 g/mol. The van der Waals surface area contributed by atoms with Gasteiger partial charge in [0.15, 0.2) is 0 Å². The van der Waals surface area contributed by atoms with Crippen molar-refractivity contribution in [3.63, 3.8) is 0 Å². The first kappa shape index (κ1) is 15.6. The van der Waals surface area contributed by atoms with Crippen LogP contribution in [0.4, 0.5) is 13.5 Å². The zero-order valence-corrected chi connectivity index (χ0v) is 4.79. The van der Waals surface area contributed by atoms with Crippen molar-refractivity contribution >= 4 is 11.6 Å². The summed E-state index contributed by atoms with van der Waals surface area (Å²) in [6.07, 6.45) is -1.85. The Balaban J connectivity index is -0.0000000750. The molecule has 0 bridgehead atoms. The highest BCUT2D eigenvalue weighted by Gasteiger charge is 1.76. The van der Waals surface area contributed by atoms with Crippen molar-refractivity contribution in [2.75, 3.05) is 0 Å². The molecule has 0 heterocycles. The molecule has 0 aromatic heterocycles. The van der Waals surface area contributed by atoms with E-state index in [-0.39, 0.29) is 10.2 Å². The van der Waals surface area contributed by atoms with Crippen LogP contribution >= 0.6 is 11.6 Å². The van der Waals surface area contributed by atoms with Gasteiger partial charge in [-0.15, -0.1) is 13.2 Å². The van der Waals surface area contributed by atoms with Gasteiger partial charge in [-0.2, -0.15) is 8.78 Å². The average molecular weight is 147 g/mol. The SMILES string of the molecule is C=C.F.FC(F)=CCl. The van der Waals surface area contributed by atoms with Crippen LogP contribution in [-0.2, 0) is 0 Å². The van der Waals surface area contributed by atoms with E-state index in [0.29, 0.717) is 0 Å². The molecule has 0 fully saturated rings. The van der Waals surface area contributed by atoms with E-state index in [2.05, 4.69) is 24.8 Å². The first-order valence-electron chi connectivity index (χ1n) is 1.38. The molecule has 0 spiro atoms. The molecule has 0 atom stereocenters. The molecule has 0 N–H and O–H groups in total. The topological polar surface area (TPSA) is 0 Å². The normalized spacial score (nSPS) is 4.88. The van der Waals surface area contributed by atoms with Crippen molar-refractivity contribution in [1.82, 2.24) is 0 Å². The zero-order chi connectivity index (χ0) is 6.28. The second kappa shape index (κ2) is 16.0. The van der Waals surface area contributed by atoms with Crippen molar-refractivity contribution in [2.45, 2.75) is 0 Å². The number of hydrogen-bond acceptors (Lipinski definition) is 0. The molecule has 0 nitrogen and oxygen atoms in total. The maximum absolute atomic E-state index is 10.5. The molecule has 50 valence electrons. The molecule has 0 aliphatic heterocycles.